The molecule has 2 aromatic rings. The number of carbonyl (C=O) groups excluding carboxylic acids is 1. The molecular formula is C18H15F3O. The van der Waals surface area contributed by atoms with E-state index in [9.17, 15) is 18.0 Å². The number of alkyl halides is 3. The summed E-state index contributed by atoms with van der Waals surface area (Å²) in [4.78, 5) is 12.0. The number of hydrogen-bond donors (Lipinski definition) is 0. The molecule has 4 heteroatoms. The summed E-state index contributed by atoms with van der Waals surface area (Å²) in [6, 6.07) is 16.7. The van der Waals surface area contributed by atoms with Gasteiger partial charge in [0.05, 0.1) is 5.92 Å². The van der Waals surface area contributed by atoms with Gasteiger partial charge in [-0.05, 0) is 5.56 Å². The summed E-state index contributed by atoms with van der Waals surface area (Å²) < 4.78 is 39.3. The van der Waals surface area contributed by atoms with Gasteiger partial charge in [0.15, 0.2) is 5.78 Å². The second-order valence-corrected chi connectivity index (χ2v) is 4.91. The lowest BCUT2D eigenvalue weighted by molar-refractivity contribution is -0.160. The van der Waals surface area contributed by atoms with Crippen LogP contribution in [0.1, 0.15) is 22.3 Å². The van der Waals surface area contributed by atoms with Crippen LogP contribution in [-0.2, 0) is 0 Å². The molecule has 2 aromatic carbocycles. The molecule has 0 N–H and O–H groups in total. The average molecular weight is 304 g/mol. The summed E-state index contributed by atoms with van der Waals surface area (Å²) in [5.41, 5.74) is 0.966. The number of carbonyl (C=O) groups is 1. The fourth-order valence-electron chi connectivity index (χ4n) is 2.03. The van der Waals surface area contributed by atoms with Crippen LogP contribution in [0, 0.1) is 5.92 Å². The third-order valence-electron chi connectivity index (χ3n) is 3.24. The van der Waals surface area contributed by atoms with Crippen LogP contribution in [0.15, 0.2) is 66.7 Å². The van der Waals surface area contributed by atoms with Crippen molar-refractivity contribution in [3.63, 3.8) is 0 Å². The van der Waals surface area contributed by atoms with E-state index >= 15 is 0 Å². The summed E-state index contributed by atoms with van der Waals surface area (Å²) in [6.07, 6.45) is -2.58. The van der Waals surface area contributed by atoms with Gasteiger partial charge >= 0.3 is 6.18 Å². The van der Waals surface area contributed by atoms with Gasteiger partial charge in [0.25, 0.3) is 0 Å². The average Bonchev–Trinajstić information content (AvgIpc) is 2.52. The highest BCUT2D eigenvalue weighted by molar-refractivity contribution is 5.96. The first kappa shape index (κ1) is 16.0. The first-order valence-corrected chi connectivity index (χ1v) is 6.85. The molecule has 0 heterocycles. The van der Waals surface area contributed by atoms with Gasteiger partial charge in [-0.3, -0.25) is 4.79 Å². The van der Waals surface area contributed by atoms with E-state index in [0.29, 0.717) is 11.1 Å². The van der Waals surface area contributed by atoms with E-state index in [1.165, 1.54) is 18.2 Å². The molecular weight excluding hydrogens is 289 g/mol. The van der Waals surface area contributed by atoms with Crippen LogP contribution >= 0.6 is 0 Å². The van der Waals surface area contributed by atoms with E-state index in [0.717, 1.165) is 6.08 Å². The van der Waals surface area contributed by atoms with Crippen LogP contribution in [0.4, 0.5) is 13.2 Å². The lowest BCUT2D eigenvalue weighted by atomic mass is 9.96. The van der Waals surface area contributed by atoms with Gasteiger partial charge in [-0.25, -0.2) is 0 Å². The van der Waals surface area contributed by atoms with E-state index < -0.39 is 24.3 Å². The van der Waals surface area contributed by atoms with Crippen LogP contribution in [0.5, 0.6) is 0 Å². The number of hydrogen-bond acceptors (Lipinski definition) is 1. The second kappa shape index (κ2) is 7.07. The molecule has 114 valence electrons. The van der Waals surface area contributed by atoms with Gasteiger partial charge in [-0.2, -0.15) is 13.2 Å². The highest BCUT2D eigenvalue weighted by atomic mass is 19.4. The van der Waals surface area contributed by atoms with Crippen LogP contribution in [0.2, 0.25) is 0 Å². The minimum Gasteiger partial charge on any atom is -0.294 e. The molecule has 0 aliphatic rings. The molecule has 0 amide bonds. The molecule has 2 rings (SSSR count). The minimum absolute atomic E-state index is 0.296. The molecule has 0 aromatic heterocycles. The van der Waals surface area contributed by atoms with Crippen LogP contribution in [0.25, 0.3) is 6.08 Å². The number of benzene rings is 2. The number of halogens is 3. The van der Waals surface area contributed by atoms with Gasteiger partial charge in [-0.1, -0.05) is 72.8 Å². The zero-order chi connectivity index (χ0) is 16.0. The van der Waals surface area contributed by atoms with Crippen LogP contribution in [0.3, 0.4) is 0 Å². The first-order valence-electron chi connectivity index (χ1n) is 6.85. The van der Waals surface area contributed by atoms with E-state index in [4.69, 9.17) is 0 Å². The fourth-order valence-corrected chi connectivity index (χ4v) is 2.03. The predicted molar refractivity (Wildman–Crippen MR) is 80.4 cm³/mol. The summed E-state index contributed by atoms with van der Waals surface area (Å²) in [5, 5.41) is 0. The molecule has 1 atom stereocenters. The smallest absolute Gasteiger partial charge is 0.294 e. The standard InChI is InChI=1S/C18H15F3O/c19-18(20,21)16(12-11-14-7-3-1-4-8-14)13-17(22)15-9-5-2-6-10-15/h1-12,16H,13H2/b12-11-/t16-/m1/s1. The largest absolute Gasteiger partial charge is 0.395 e. The van der Waals surface area contributed by atoms with Crippen LogP contribution < -0.4 is 0 Å². The number of rotatable bonds is 5. The zero-order valence-corrected chi connectivity index (χ0v) is 11.8. The van der Waals surface area contributed by atoms with Crippen molar-refractivity contribution in [1.82, 2.24) is 0 Å². The number of ketones is 1. The van der Waals surface area contributed by atoms with E-state index in [-0.39, 0.29) is 0 Å². The summed E-state index contributed by atoms with van der Waals surface area (Å²) in [6.45, 7) is 0. The summed E-state index contributed by atoms with van der Waals surface area (Å²) in [5.74, 6) is -2.30. The topological polar surface area (TPSA) is 17.1 Å². The van der Waals surface area contributed by atoms with Crippen molar-refractivity contribution in [2.24, 2.45) is 5.92 Å². The SMILES string of the molecule is O=C(C[C@@H](/C=C\c1ccccc1)C(F)(F)F)c1ccccc1. The molecule has 0 spiro atoms. The Morgan fingerprint density at radius 2 is 1.50 bits per heavy atom. The zero-order valence-electron chi connectivity index (χ0n) is 11.8. The molecule has 1 nitrogen and oxygen atoms in total. The van der Waals surface area contributed by atoms with Crippen molar-refractivity contribution in [1.29, 1.82) is 0 Å². The highest BCUT2D eigenvalue weighted by Gasteiger charge is 2.39. The van der Waals surface area contributed by atoms with E-state index in [1.54, 1.807) is 48.5 Å². The molecule has 0 saturated heterocycles. The maximum atomic E-state index is 13.1. The number of allylic oxidation sites excluding steroid dienone is 1. The van der Waals surface area contributed by atoms with Crippen molar-refractivity contribution in [3.05, 3.63) is 77.9 Å². The normalized spacial score (nSPS) is 13.2. The molecule has 0 aliphatic heterocycles. The third-order valence-corrected chi connectivity index (χ3v) is 3.24. The van der Waals surface area contributed by atoms with E-state index in [2.05, 4.69) is 0 Å². The third kappa shape index (κ3) is 4.58. The molecule has 0 bridgehead atoms. The Kier molecular flexibility index (Phi) is 5.15. The lowest BCUT2D eigenvalue weighted by Crippen LogP contribution is -2.23. The Bertz CT molecular complexity index is 630. The molecule has 0 saturated carbocycles. The van der Waals surface area contributed by atoms with Crippen molar-refractivity contribution < 1.29 is 18.0 Å². The Morgan fingerprint density at radius 1 is 0.955 bits per heavy atom. The lowest BCUT2D eigenvalue weighted by Gasteiger charge is -2.16. The van der Waals surface area contributed by atoms with Crippen molar-refractivity contribution in [2.45, 2.75) is 12.6 Å². The Hall–Kier alpha value is -2.36. The quantitative estimate of drug-likeness (QED) is 0.698. The Balaban J connectivity index is 2.14. The Morgan fingerprint density at radius 3 is 2.05 bits per heavy atom. The fraction of sp³-hybridized carbons (Fsp3) is 0.167. The van der Waals surface area contributed by atoms with Crippen molar-refractivity contribution in [3.8, 4) is 0 Å². The predicted octanol–water partition coefficient (Wildman–Crippen LogP) is 5.15. The van der Waals surface area contributed by atoms with Crippen molar-refractivity contribution >= 4 is 11.9 Å². The van der Waals surface area contributed by atoms with Gasteiger partial charge < -0.3 is 0 Å². The minimum atomic E-state index is -4.45. The maximum Gasteiger partial charge on any atom is 0.395 e. The van der Waals surface area contributed by atoms with E-state index in [1.807, 2.05) is 0 Å². The summed E-state index contributed by atoms with van der Waals surface area (Å²) in [7, 11) is 0. The van der Waals surface area contributed by atoms with Gasteiger partial charge in [0.1, 0.15) is 0 Å². The molecule has 0 radical (unpaired) electrons. The second-order valence-electron chi connectivity index (χ2n) is 4.91. The van der Waals surface area contributed by atoms with Crippen LogP contribution in [-0.4, -0.2) is 12.0 Å². The highest BCUT2D eigenvalue weighted by Crippen LogP contribution is 2.31. The first-order chi connectivity index (χ1) is 10.5. The maximum absolute atomic E-state index is 13.1. The Labute approximate surface area is 127 Å². The molecule has 0 aliphatic carbocycles. The van der Waals surface area contributed by atoms with Gasteiger partial charge in [0, 0.05) is 12.0 Å². The molecule has 0 unspecified atom stereocenters. The van der Waals surface area contributed by atoms with Gasteiger partial charge in [0.2, 0.25) is 0 Å². The molecule has 22 heavy (non-hydrogen) atoms. The number of Topliss-reactive ketones (excluding diaryl/α,β-unsaturated/α-hetero) is 1. The summed E-state index contributed by atoms with van der Waals surface area (Å²) >= 11 is 0. The molecule has 0 fully saturated rings. The van der Waals surface area contributed by atoms with Gasteiger partial charge in [-0.15, -0.1) is 0 Å². The van der Waals surface area contributed by atoms with Crippen molar-refractivity contribution in [2.75, 3.05) is 0 Å². The monoisotopic (exact) mass is 304 g/mol.